The van der Waals surface area contributed by atoms with Crippen LogP contribution in [0, 0.1) is 6.07 Å². The van der Waals surface area contributed by atoms with Crippen molar-refractivity contribution in [2.75, 3.05) is 13.4 Å². The van der Waals surface area contributed by atoms with Crippen LogP contribution >= 0.6 is 7.60 Å². The Hall–Kier alpha value is -0.710. The number of hydrogen-bond acceptors (Lipinski definition) is 3. The van der Waals surface area contributed by atoms with Crippen LogP contribution in [0.4, 0.5) is 0 Å². The molecule has 0 heterocycles. The van der Waals surface area contributed by atoms with E-state index in [0.29, 0.717) is 12.2 Å². The molecule has 6 heteroatoms. The average Bonchev–Trinajstić information content (AvgIpc) is 2.24. The Morgan fingerprint density at radius 2 is 2.06 bits per heavy atom. The molecule has 0 aromatic heterocycles. The molecular formula is C10H14O5P. The van der Waals surface area contributed by atoms with Gasteiger partial charge in [-0.1, -0.05) is 24.3 Å². The van der Waals surface area contributed by atoms with Crippen LogP contribution in [-0.2, 0) is 14.0 Å². The maximum absolute atomic E-state index is 11.2. The summed E-state index contributed by atoms with van der Waals surface area (Å²) in [7, 11) is -4.35. The van der Waals surface area contributed by atoms with Gasteiger partial charge in [0.15, 0.2) is 5.85 Å². The molecule has 0 fully saturated rings. The van der Waals surface area contributed by atoms with Crippen molar-refractivity contribution in [1.29, 1.82) is 0 Å². The van der Waals surface area contributed by atoms with Gasteiger partial charge >= 0.3 is 7.60 Å². The highest BCUT2D eigenvalue weighted by molar-refractivity contribution is 7.52. The molecule has 1 radical (unpaired) electrons. The van der Waals surface area contributed by atoms with E-state index in [4.69, 9.17) is 19.3 Å². The summed E-state index contributed by atoms with van der Waals surface area (Å²) < 4.78 is 21.2. The molecule has 1 aromatic rings. The first-order valence-corrected chi connectivity index (χ1v) is 6.44. The molecule has 1 unspecified atom stereocenters. The van der Waals surface area contributed by atoms with Gasteiger partial charge in [-0.3, -0.25) is 4.57 Å². The number of hydrogen-bond donors (Lipinski definition) is 2. The van der Waals surface area contributed by atoms with Gasteiger partial charge in [0.05, 0.1) is 0 Å². The average molecular weight is 245 g/mol. The van der Waals surface area contributed by atoms with Crippen LogP contribution < -0.4 is 0 Å². The van der Waals surface area contributed by atoms with Gasteiger partial charge < -0.3 is 19.3 Å². The van der Waals surface area contributed by atoms with E-state index in [0.717, 1.165) is 0 Å². The maximum Gasteiger partial charge on any atom is 0.358 e. The minimum absolute atomic E-state index is 0.148. The zero-order chi connectivity index (χ0) is 12.0. The molecule has 0 saturated heterocycles. The predicted molar refractivity (Wildman–Crippen MR) is 57.6 cm³/mol. The van der Waals surface area contributed by atoms with Gasteiger partial charge in [-0.2, -0.15) is 0 Å². The lowest BCUT2D eigenvalue weighted by atomic mass is 10.2. The lowest BCUT2D eigenvalue weighted by Crippen LogP contribution is -2.08. The van der Waals surface area contributed by atoms with E-state index in [1.807, 2.05) is 0 Å². The van der Waals surface area contributed by atoms with Gasteiger partial charge in [0.2, 0.25) is 0 Å². The number of benzene rings is 1. The molecule has 89 valence electrons. The molecule has 0 aliphatic rings. The zero-order valence-corrected chi connectivity index (χ0v) is 9.76. The summed E-state index contributed by atoms with van der Waals surface area (Å²) in [6, 6.07) is 9.01. The number of rotatable bonds is 6. The summed E-state index contributed by atoms with van der Waals surface area (Å²) in [6.07, 6.45) is 0. The van der Waals surface area contributed by atoms with Gasteiger partial charge in [0, 0.05) is 6.61 Å². The molecule has 0 amide bonds. The molecular weight excluding hydrogens is 231 g/mol. The fourth-order valence-corrected chi connectivity index (χ4v) is 1.96. The zero-order valence-electron chi connectivity index (χ0n) is 8.87. The fourth-order valence-electron chi connectivity index (χ4n) is 1.15. The Kier molecular flexibility index (Phi) is 5.12. The van der Waals surface area contributed by atoms with E-state index in [1.165, 1.54) is 0 Å². The molecule has 2 N–H and O–H groups in total. The van der Waals surface area contributed by atoms with E-state index < -0.39 is 13.4 Å². The number of ether oxygens (including phenoxy) is 2. The van der Waals surface area contributed by atoms with Gasteiger partial charge in [-0.25, -0.2) is 0 Å². The van der Waals surface area contributed by atoms with E-state index in [9.17, 15) is 4.57 Å². The molecule has 0 bridgehead atoms. The second-order valence-electron chi connectivity index (χ2n) is 3.05. The molecule has 1 atom stereocenters. The Labute approximate surface area is 94.2 Å². The van der Waals surface area contributed by atoms with Crippen molar-refractivity contribution in [3.05, 3.63) is 35.9 Å². The first-order valence-electron chi connectivity index (χ1n) is 4.76. The van der Waals surface area contributed by atoms with Crippen molar-refractivity contribution in [1.82, 2.24) is 0 Å². The Bertz CT molecular complexity index is 347. The SMILES string of the molecule is CCOCOC(c1cc[c]cc1)P(=O)(O)O. The molecule has 5 nitrogen and oxygen atoms in total. The van der Waals surface area contributed by atoms with E-state index in [1.54, 1.807) is 31.2 Å². The van der Waals surface area contributed by atoms with Crippen LogP contribution in [0.5, 0.6) is 0 Å². The Morgan fingerprint density at radius 1 is 1.44 bits per heavy atom. The third-order valence-electron chi connectivity index (χ3n) is 1.85. The summed E-state index contributed by atoms with van der Waals surface area (Å²) in [5.41, 5.74) is 0.409. The molecule has 0 spiro atoms. The van der Waals surface area contributed by atoms with Crippen LogP contribution in [0.3, 0.4) is 0 Å². The first-order chi connectivity index (χ1) is 7.55. The second-order valence-corrected chi connectivity index (χ2v) is 4.70. The van der Waals surface area contributed by atoms with Crippen molar-refractivity contribution in [2.45, 2.75) is 12.8 Å². The largest absolute Gasteiger partial charge is 0.358 e. The predicted octanol–water partition coefficient (Wildman–Crippen LogP) is 1.67. The Morgan fingerprint density at radius 3 is 2.56 bits per heavy atom. The van der Waals surface area contributed by atoms with Crippen LogP contribution in [0.25, 0.3) is 0 Å². The minimum atomic E-state index is -4.35. The smallest absolute Gasteiger partial charge is 0.356 e. The lowest BCUT2D eigenvalue weighted by Gasteiger charge is -2.19. The molecule has 0 saturated carbocycles. The standard InChI is InChI=1S/C10H14O5P/c1-2-14-8-15-10(16(11,12)13)9-6-4-3-5-7-9/h4-7,10H,2,8H2,1H3,(H2,11,12,13). The van der Waals surface area contributed by atoms with Crippen molar-refractivity contribution in [2.24, 2.45) is 0 Å². The highest BCUT2D eigenvalue weighted by atomic mass is 31.2. The summed E-state index contributed by atoms with van der Waals surface area (Å²) in [5.74, 6) is -1.28. The monoisotopic (exact) mass is 245 g/mol. The topological polar surface area (TPSA) is 76.0 Å². The van der Waals surface area contributed by atoms with E-state index in [2.05, 4.69) is 6.07 Å². The quantitative estimate of drug-likeness (QED) is 0.453. The molecule has 0 aliphatic carbocycles. The second kappa shape index (κ2) is 6.13. The van der Waals surface area contributed by atoms with Crippen LogP contribution in [0.1, 0.15) is 18.3 Å². The summed E-state index contributed by atoms with van der Waals surface area (Å²) in [4.78, 5) is 18.3. The minimum Gasteiger partial charge on any atom is -0.356 e. The first kappa shape index (κ1) is 13.4. The highest BCUT2D eigenvalue weighted by Gasteiger charge is 2.31. The van der Waals surface area contributed by atoms with Crippen molar-refractivity contribution in [3.63, 3.8) is 0 Å². The van der Waals surface area contributed by atoms with Gasteiger partial charge in [-0.05, 0) is 18.6 Å². The molecule has 16 heavy (non-hydrogen) atoms. The van der Waals surface area contributed by atoms with Crippen LogP contribution in [0.2, 0.25) is 0 Å². The van der Waals surface area contributed by atoms with Crippen molar-refractivity contribution in [3.8, 4) is 0 Å². The summed E-state index contributed by atoms with van der Waals surface area (Å²) >= 11 is 0. The maximum atomic E-state index is 11.2. The highest BCUT2D eigenvalue weighted by Crippen LogP contribution is 2.52. The Balaban J connectivity index is 2.77. The van der Waals surface area contributed by atoms with Gasteiger partial charge in [0.1, 0.15) is 6.79 Å². The third-order valence-corrected chi connectivity index (χ3v) is 2.91. The molecule has 1 rings (SSSR count). The van der Waals surface area contributed by atoms with Crippen molar-refractivity contribution < 1.29 is 23.8 Å². The molecule has 1 aromatic carbocycles. The third kappa shape index (κ3) is 4.04. The fraction of sp³-hybridized carbons (Fsp3) is 0.400. The molecule has 0 aliphatic heterocycles. The normalized spacial score (nSPS) is 13.7. The van der Waals surface area contributed by atoms with E-state index >= 15 is 0 Å². The van der Waals surface area contributed by atoms with E-state index in [-0.39, 0.29) is 6.79 Å². The summed E-state index contributed by atoms with van der Waals surface area (Å²) in [5, 5.41) is 0. The lowest BCUT2D eigenvalue weighted by molar-refractivity contribution is -0.0689. The van der Waals surface area contributed by atoms with Crippen molar-refractivity contribution >= 4 is 7.60 Å². The summed E-state index contributed by atoms with van der Waals surface area (Å²) in [6.45, 7) is 2.05. The van der Waals surface area contributed by atoms with Gasteiger partial charge in [-0.15, -0.1) is 0 Å². The van der Waals surface area contributed by atoms with Crippen LogP contribution in [-0.4, -0.2) is 23.2 Å². The van der Waals surface area contributed by atoms with Gasteiger partial charge in [0.25, 0.3) is 0 Å². The van der Waals surface area contributed by atoms with Crippen LogP contribution in [0.15, 0.2) is 24.3 Å².